The first-order valence-electron chi connectivity index (χ1n) is 11.6. The van der Waals surface area contributed by atoms with Gasteiger partial charge in [-0.1, -0.05) is 54.1 Å². The fourth-order valence-electron chi connectivity index (χ4n) is 4.40. The number of hydrogen-bond acceptors (Lipinski definition) is 5. The molecule has 3 aromatic carbocycles. The van der Waals surface area contributed by atoms with E-state index in [1.807, 2.05) is 42.5 Å². The van der Waals surface area contributed by atoms with Crippen LogP contribution in [0.25, 0.3) is 0 Å². The predicted molar refractivity (Wildman–Crippen MR) is 138 cm³/mol. The van der Waals surface area contributed by atoms with E-state index in [4.69, 9.17) is 16.3 Å². The monoisotopic (exact) mass is 512 g/mol. The van der Waals surface area contributed by atoms with Crippen molar-refractivity contribution in [3.63, 3.8) is 0 Å². The van der Waals surface area contributed by atoms with Crippen LogP contribution in [0.5, 0.6) is 5.75 Å². The lowest BCUT2D eigenvalue weighted by Gasteiger charge is -2.40. The van der Waals surface area contributed by atoms with Gasteiger partial charge in [0, 0.05) is 37.6 Å². The van der Waals surface area contributed by atoms with Gasteiger partial charge in [0.1, 0.15) is 5.75 Å². The van der Waals surface area contributed by atoms with Crippen molar-refractivity contribution in [1.82, 2.24) is 9.80 Å². The van der Waals surface area contributed by atoms with Crippen LogP contribution in [0.15, 0.2) is 83.8 Å². The Morgan fingerprint density at radius 3 is 2.09 bits per heavy atom. The highest BCUT2D eigenvalue weighted by molar-refractivity contribution is 7.91. The van der Waals surface area contributed by atoms with Crippen molar-refractivity contribution in [3.05, 3.63) is 95.0 Å². The standard InChI is InChI=1S/C27H29ClN2O4S/c1-34-24-11-13-25(14-12-24)35(32,33)20-15-26(31)29-16-18-30(19-17-29)27(21-5-3-2-4-6-21)22-7-9-23(28)10-8-22/h2-14,27H,15-20H2,1H3/t27-/m0/s1. The highest BCUT2D eigenvalue weighted by atomic mass is 35.5. The molecular weight excluding hydrogens is 484 g/mol. The molecule has 1 amide bonds. The summed E-state index contributed by atoms with van der Waals surface area (Å²) in [5, 5.41) is 0.695. The number of nitrogens with zero attached hydrogens (tertiary/aromatic N) is 2. The first-order chi connectivity index (χ1) is 16.9. The van der Waals surface area contributed by atoms with Gasteiger partial charge in [-0.15, -0.1) is 0 Å². The van der Waals surface area contributed by atoms with Gasteiger partial charge in [-0.05, 0) is 47.5 Å². The first kappa shape index (κ1) is 25.2. The molecule has 0 N–H and O–H groups in total. The van der Waals surface area contributed by atoms with Crippen LogP contribution < -0.4 is 4.74 Å². The largest absolute Gasteiger partial charge is 0.497 e. The predicted octanol–water partition coefficient (Wildman–Crippen LogP) is 4.45. The second-order valence-corrected chi connectivity index (χ2v) is 11.1. The molecule has 0 unspecified atom stereocenters. The minimum absolute atomic E-state index is 0.0341. The Hall–Kier alpha value is -2.87. The summed E-state index contributed by atoms with van der Waals surface area (Å²) >= 11 is 6.11. The van der Waals surface area contributed by atoms with Crippen LogP contribution in [0, 0.1) is 0 Å². The number of carbonyl (C=O) groups excluding carboxylic acids is 1. The van der Waals surface area contributed by atoms with E-state index in [0.29, 0.717) is 37.0 Å². The lowest BCUT2D eigenvalue weighted by molar-refractivity contribution is -0.132. The van der Waals surface area contributed by atoms with Gasteiger partial charge in [0.05, 0.1) is 23.8 Å². The van der Waals surface area contributed by atoms with E-state index >= 15 is 0 Å². The summed E-state index contributed by atoms with van der Waals surface area (Å²) in [5.41, 5.74) is 2.33. The third kappa shape index (κ3) is 6.23. The van der Waals surface area contributed by atoms with Gasteiger partial charge in [0.2, 0.25) is 5.91 Å². The number of halogens is 1. The van der Waals surface area contributed by atoms with Crippen LogP contribution in [0.1, 0.15) is 23.6 Å². The van der Waals surface area contributed by atoms with E-state index < -0.39 is 9.84 Å². The fourth-order valence-corrected chi connectivity index (χ4v) is 5.76. The molecule has 35 heavy (non-hydrogen) atoms. The fraction of sp³-hybridized carbons (Fsp3) is 0.296. The molecule has 184 valence electrons. The van der Waals surface area contributed by atoms with Crippen LogP contribution >= 0.6 is 11.6 Å². The highest BCUT2D eigenvalue weighted by Crippen LogP contribution is 2.30. The van der Waals surface area contributed by atoms with E-state index in [1.54, 1.807) is 17.0 Å². The quantitative estimate of drug-likeness (QED) is 0.446. The van der Waals surface area contributed by atoms with Crippen LogP contribution in [0.3, 0.4) is 0 Å². The molecule has 0 bridgehead atoms. The Balaban J connectivity index is 1.38. The third-order valence-corrected chi connectivity index (χ3v) is 8.32. The van der Waals surface area contributed by atoms with Crippen LogP contribution in [0.4, 0.5) is 0 Å². The molecule has 0 spiro atoms. The van der Waals surface area contributed by atoms with Crippen molar-refractivity contribution in [2.24, 2.45) is 0 Å². The Bertz CT molecular complexity index is 1220. The first-order valence-corrected chi connectivity index (χ1v) is 13.6. The molecule has 1 aliphatic heterocycles. The Morgan fingerprint density at radius 1 is 0.886 bits per heavy atom. The highest BCUT2D eigenvalue weighted by Gasteiger charge is 2.29. The zero-order valence-corrected chi connectivity index (χ0v) is 21.2. The topological polar surface area (TPSA) is 66.9 Å². The smallest absolute Gasteiger partial charge is 0.223 e. The molecule has 1 heterocycles. The summed E-state index contributed by atoms with van der Waals surface area (Å²) in [5.74, 6) is 0.241. The van der Waals surface area contributed by atoms with Crippen molar-refractivity contribution < 1.29 is 17.9 Å². The lowest BCUT2D eigenvalue weighted by atomic mass is 9.96. The molecule has 0 saturated carbocycles. The zero-order chi connectivity index (χ0) is 24.8. The van der Waals surface area contributed by atoms with Crippen molar-refractivity contribution in [1.29, 1.82) is 0 Å². The number of benzene rings is 3. The molecule has 1 atom stereocenters. The summed E-state index contributed by atoms with van der Waals surface area (Å²) in [6, 6.07) is 24.5. The van der Waals surface area contributed by atoms with Gasteiger partial charge in [-0.25, -0.2) is 8.42 Å². The van der Waals surface area contributed by atoms with Gasteiger partial charge in [0.15, 0.2) is 9.84 Å². The SMILES string of the molecule is COc1ccc(S(=O)(=O)CCC(=O)N2CCN([C@@H](c3ccccc3)c3ccc(Cl)cc3)CC2)cc1. The molecule has 3 aromatic rings. The van der Waals surface area contributed by atoms with E-state index in [9.17, 15) is 13.2 Å². The molecule has 1 fully saturated rings. The van der Waals surface area contributed by atoms with E-state index in [0.717, 1.165) is 5.56 Å². The summed E-state index contributed by atoms with van der Waals surface area (Å²) in [6.07, 6.45) is -0.0341. The number of ether oxygens (including phenoxy) is 1. The molecule has 8 heteroatoms. The average molecular weight is 513 g/mol. The molecular formula is C27H29ClN2O4S. The molecule has 1 aliphatic rings. The number of sulfone groups is 1. The summed E-state index contributed by atoms with van der Waals surface area (Å²) in [7, 11) is -2.02. The van der Waals surface area contributed by atoms with Gasteiger partial charge in [-0.3, -0.25) is 9.69 Å². The Labute approximate surface area is 212 Å². The lowest BCUT2D eigenvalue weighted by Crippen LogP contribution is -2.50. The third-order valence-electron chi connectivity index (χ3n) is 6.34. The number of amides is 1. The van der Waals surface area contributed by atoms with Crippen molar-refractivity contribution in [3.8, 4) is 5.75 Å². The molecule has 0 radical (unpaired) electrons. The second kappa shape index (κ2) is 11.2. The van der Waals surface area contributed by atoms with Crippen molar-refractivity contribution in [2.75, 3.05) is 39.0 Å². The summed E-state index contributed by atoms with van der Waals surface area (Å²) < 4.78 is 30.4. The summed E-state index contributed by atoms with van der Waals surface area (Å²) in [4.78, 5) is 17.2. The van der Waals surface area contributed by atoms with Crippen LogP contribution in [-0.4, -0.2) is 63.2 Å². The van der Waals surface area contributed by atoms with Gasteiger partial charge in [-0.2, -0.15) is 0 Å². The Morgan fingerprint density at radius 2 is 1.49 bits per heavy atom. The number of rotatable bonds is 8. The van der Waals surface area contributed by atoms with E-state index in [2.05, 4.69) is 17.0 Å². The maximum absolute atomic E-state index is 12.8. The summed E-state index contributed by atoms with van der Waals surface area (Å²) in [6.45, 7) is 2.50. The minimum Gasteiger partial charge on any atom is -0.497 e. The number of hydrogen-bond donors (Lipinski definition) is 0. The average Bonchev–Trinajstić information content (AvgIpc) is 2.90. The van der Waals surface area contributed by atoms with Gasteiger partial charge >= 0.3 is 0 Å². The van der Waals surface area contributed by atoms with Crippen LogP contribution in [-0.2, 0) is 14.6 Å². The van der Waals surface area contributed by atoms with Gasteiger partial charge < -0.3 is 9.64 Å². The molecule has 0 aliphatic carbocycles. The second-order valence-electron chi connectivity index (χ2n) is 8.53. The molecule has 4 rings (SSSR count). The Kier molecular flexibility index (Phi) is 8.11. The number of carbonyl (C=O) groups is 1. The number of methoxy groups -OCH3 is 1. The van der Waals surface area contributed by atoms with Crippen LogP contribution in [0.2, 0.25) is 5.02 Å². The van der Waals surface area contributed by atoms with E-state index in [1.165, 1.54) is 24.8 Å². The normalized spacial score (nSPS) is 15.5. The van der Waals surface area contributed by atoms with Gasteiger partial charge in [0.25, 0.3) is 0 Å². The maximum Gasteiger partial charge on any atom is 0.223 e. The number of piperazine rings is 1. The molecule has 6 nitrogen and oxygen atoms in total. The maximum atomic E-state index is 12.8. The van der Waals surface area contributed by atoms with E-state index in [-0.39, 0.29) is 29.0 Å². The van der Waals surface area contributed by atoms with Crippen molar-refractivity contribution in [2.45, 2.75) is 17.4 Å². The molecule has 0 aromatic heterocycles. The molecule has 1 saturated heterocycles. The van der Waals surface area contributed by atoms with Crippen molar-refractivity contribution >= 4 is 27.3 Å². The zero-order valence-electron chi connectivity index (χ0n) is 19.6. The minimum atomic E-state index is -3.54.